The molecule has 0 radical (unpaired) electrons. The number of nitrogens with zero attached hydrogens (tertiary/aromatic N) is 3. The fraction of sp³-hybridized carbons (Fsp3) is 0.545. The highest BCUT2D eigenvalue weighted by atomic mass is 35.5. The van der Waals surface area contributed by atoms with Crippen LogP contribution in [-0.4, -0.2) is 44.1 Å². The summed E-state index contributed by atoms with van der Waals surface area (Å²) in [6.45, 7) is 0.874. The lowest BCUT2D eigenvalue weighted by atomic mass is 10.0. The number of aromatic nitrogens is 2. The Morgan fingerprint density at radius 2 is 2.22 bits per heavy atom. The molecule has 1 amide bonds. The quantitative estimate of drug-likeness (QED) is 0.819. The number of fused-ring (bicyclic) bond motifs is 1. The molecule has 0 aromatic carbocycles. The lowest BCUT2D eigenvalue weighted by Crippen LogP contribution is -2.36. The van der Waals surface area contributed by atoms with Crippen LogP contribution in [0.2, 0.25) is 0 Å². The van der Waals surface area contributed by atoms with E-state index in [-0.39, 0.29) is 23.9 Å². The number of hydrogen-bond acceptors (Lipinski definition) is 3. The highest BCUT2D eigenvalue weighted by Gasteiger charge is 2.28. The summed E-state index contributed by atoms with van der Waals surface area (Å²) in [4.78, 5) is 24.6. The molecule has 1 N–H and O–H groups in total. The van der Waals surface area contributed by atoms with Crippen LogP contribution in [-0.2, 0) is 24.8 Å². The monoisotopic (exact) mass is 271 g/mol. The maximum absolute atomic E-state index is 11.8. The Labute approximate surface area is 109 Å². The van der Waals surface area contributed by atoms with Crippen LogP contribution in [0.4, 0.5) is 0 Å². The van der Waals surface area contributed by atoms with E-state index in [0.717, 1.165) is 5.69 Å². The molecular formula is C11H14ClN3O3. The van der Waals surface area contributed by atoms with Gasteiger partial charge in [-0.05, 0) is 0 Å². The van der Waals surface area contributed by atoms with Crippen LogP contribution in [0.15, 0.2) is 0 Å². The summed E-state index contributed by atoms with van der Waals surface area (Å²) in [6, 6.07) is 0. The molecule has 98 valence electrons. The molecular weight excluding hydrogens is 258 g/mol. The van der Waals surface area contributed by atoms with Crippen LogP contribution in [0.25, 0.3) is 0 Å². The van der Waals surface area contributed by atoms with Gasteiger partial charge in [0.2, 0.25) is 5.91 Å². The van der Waals surface area contributed by atoms with Crippen molar-refractivity contribution in [1.82, 2.24) is 14.7 Å². The number of hydrogen-bond donors (Lipinski definition) is 1. The van der Waals surface area contributed by atoms with Crippen LogP contribution in [0.1, 0.15) is 28.2 Å². The summed E-state index contributed by atoms with van der Waals surface area (Å²) in [5.41, 5.74) is 1.57. The van der Waals surface area contributed by atoms with E-state index < -0.39 is 5.97 Å². The Kier molecular flexibility index (Phi) is 3.56. The number of amides is 1. The van der Waals surface area contributed by atoms with Crippen molar-refractivity contribution in [2.45, 2.75) is 19.4 Å². The number of alkyl halides is 1. The van der Waals surface area contributed by atoms with E-state index >= 15 is 0 Å². The molecule has 6 nitrogen and oxygen atoms in total. The normalized spacial score (nSPS) is 14.4. The third kappa shape index (κ3) is 2.20. The van der Waals surface area contributed by atoms with Gasteiger partial charge in [0.15, 0.2) is 5.69 Å². The Hall–Kier alpha value is -1.56. The maximum atomic E-state index is 11.8. The Morgan fingerprint density at radius 3 is 2.83 bits per heavy atom. The van der Waals surface area contributed by atoms with E-state index in [4.69, 9.17) is 16.7 Å². The molecule has 1 aromatic rings. The van der Waals surface area contributed by atoms with Crippen molar-refractivity contribution in [3.8, 4) is 0 Å². The van der Waals surface area contributed by atoms with Crippen LogP contribution < -0.4 is 0 Å². The third-order valence-corrected chi connectivity index (χ3v) is 3.25. The number of halogens is 1. The second kappa shape index (κ2) is 4.97. The molecule has 0 spiro atoms. The molecule has 0 unspecified atom stereocenters. The van der Waals surface area contributed by atoms with Crippen LogP contribution in [0, 0.1) is 0 Å². The van der Waals surface area contributed by atoms with E-state index in [2.05, 4.69) is 5.10 Å². The first-order chi connectivity index (χ1) is 8.54. The molecule has 0 saturated carbocycles. The molecule has 1 aromatic heterocycles. The average molecular weight is 272 g/mol. The predicted molar refractivity (Wildman–Crippen MR) is 64.6 cm³/mol. The average Bonchev–Trinajstić information content (AvgIpc) is 2.64. The first kappa shape index (κ1) is 12.9. The van der Waals surface area contributed by atoms with Crippen molar-refractivity contribution in [3.63, 3.8) is 0 Å². The van der Waals surface area contributed by atoms with Crippen LogP contribution in [0.3, 0.4) is 0 Å². The molecule has 0 fully saturated rings. The van der Waals surface area contributed by atoms with Crippen LogP contribution >= 0.6 is 11.6 Å². The van der Waals surface area contributed by atoms with Gasteiger partial charge in [-0.15, -0.1) is 11.6 Å². The zero-order valence-corrected chi connectivity index (χ0v) is 10.8. The first-order valence-electron chi connectivity index (χ1n) is 5.66. The van der Waals surface area contributed by atoms with Crippen LogP contribution in [0.5, 0.6) is 0 Å². The molecule has 2 heterocycles. The minimum Gasteiger partial charge on any atom is -0.477 e. The van der Waals surface area contributed by atoms with E-state index in [1.165, 1.54) is 4.68 Å². The fourth-order valence-corrected chi connectivity index (χ4v) is 2.38. The zero-order valence-electron chi connectivity index (χ0n) is 10.0. The van der Waals surface area contributed by atoms with Gasteiger partial charge in [-0.2, -0.15) is 5.10 Å². The van der Waals surface area contributed by atoms with Crippen molar-refractivity contribution in [2.24, 2.45) is 7.05 Å². The lowest BCUT2D eigenvalue weighted by molar-refractivity contribution is -0.131. The van der Waals surface area contributed by atoms with Gasteiger partial charge in [-0.1, -0.05) is 0 Å². The first-order valence-corrected chi connectivity index (χ1v) is 6.19. The minimum absolute atomic E-state index is 0.0455. The summed E-state index contributed by atoms with van der Waals surface area (Å²) in [5.74, 6) is -0.783. The van der Waals surface area contributed by atoms with E-state index in [1.807, 2.05) is 0 Å². The molecule has 0 bridgehead atoms. The van der Waals surface area contributed by atoms with Crippen molar-refractivity contribution in [3.05, 3.63) is 17.0 Å². The van der Waals surface area contributed by atoms with Crippen molar-refractivity contribution in [2.75, 3.05) is 12.4 Å². The highest BCUT2D eigenvalue weighted by molar-refractivity contribution is 6.18. The maximum Gasteiger partial charge on any atom is 0.354 e. The van der Waals surface area contributed by atoms with Crippen molar-refractivity contribution < 1.29 is 14.7 Å². The van der Waals surface area contributed by atoms with Gasteiger partial charge in [0.1, 0.15) is 0 Å². The van der Waals surface area contributed by atoms with Gasteiger partial charge >= 0.3 is 5.97 Å². The van der Waals surface area contributed by atoms with Gasteiger partial charge in [0, 0.05) is 44.4 Å². The van der Waals surface area contributed by atoms with Gasteiger partial charge in [-0.25, -0.2) is 4.79 Å². The van der Waals surface area contributed by atoms with Gasteiger partial charge in [0.25, 0.3) is 0 Å². The highest BCUT2D eigenvalue weighted by Crippen LogP contribution is 2.22. The summed E-state index contributed by atoms with van der Waals surface area (Å²) in [7, 11) is 1.60. The molecule has 18 heavy (non-hydrogen) atoms. The van der Waals surface area contributed by atoms with Crippen molar-refractivity contribution >= 4 is 23.5 Å². The second-order valence-corrected chi connectivity index (χ2v) is 4.58. The van der Waals surface area contributed by atoms with E-state index in [1.54, 1.807) is 11.9 Å². The predicted octanol–water partition coefficient (Wildman–Crippen LogP) is 0.632. The molecule has 0 atom stereocenters. The smallest absolute Gasteiger partial charge is 0.354 e. The largest absolute Gasteiger partial charge is 0.477 e. The number of carboxylic acid groups (broad SMARTS) is 1. The topological polar surface area (TPSA) is 75.4 Å². The van der Waals surface area contributed by atoms with Crippen molar-refractivity contribution in [1.29, 1.82) is 0 Å². The number of carbonyl (C=O) groups is 2. The number of rotatable bonds is 3. The van der Waals surface area contributed by atoms with E-state index in [9.17, 15) is 9.59 Å². The molecule has 0 aliphatic carbocycles. The second-order valence-electron chi connectivity index (χ2n) is 4.21. The third-order valence-electron chi connectivity index (χ3n) is 3.06. The summed E-state index contributed by atoms with van der Waals surface area (Å²) in [5, 5.41) is 13.3. The van der Waals surface area contributed by atoms with E-state index in [0.29, 0.717) is 25.1 Å². The Morgan fingerprint density at radius 1 is 1.50 bits per heavy atom. The molecule has 7 heteroatoms. The molecule has 1 aliphatic rings. The lowest BCUT2D eigenvalue weighted by Gasteiger charge is -2.26. The minimum atomic E-state index is -1.02. The summed E-state index contributed by atoms with van der Waals surface area (Å²) in [6.07, 6.45) is 0.865. The Balaban J connectivity index is 2.27. The molecule has 2 rings (SSSR count). The van der Waals surface area contributed by atoms with Gasteiger partial charge < -0.3 is 10.0 Å². The summed E-state index contributed by atoms with van der Waals surface area (Å²) >= 11 is 5.54. The standard InChI is InChI=1S/C11H14ClN3O3/c1-14-10(11(17)18)7-6-15(9(16)2-4-12)5-3-8(7)13-14/h2-6H2,1H3,(H,17,18). The fourth-order valence-electron chi connectivity index (χ4n) is 2.22. The van der Waals surface area contributed by atoms with Gasteiger partial charge in [0.05, 0.1) is 5.69 Å². The number of aryl methyl sites for hydroxylation is 1. The summed E-state index contributed by atoms with van der Waals surface area (Å²) < 4.78 is 1.36. The number of aromatic carboxylic acids is 1. The van der Waals surface area contributed by atoms with Gasteiger partial charge in [-0.3, -0.25) is 9.48 Å². The Bertz CT molecular complexity index is 498. The zero-order chi connectivity index (χ0) is 13.3. The number of carbonyl (C=O) groups excluding carboxylic acids is 1. The molecule has 1 aliphatic heterocycles. The SMILES string of the molecule is Cn1nc2c(c1C(=O)O)CN(C(=O)CCCl)CC2. The number of carboxylic acids is 1. The molecule has 0 saturated heterocycles.